The van der Waals surface area contributed by atoms with E-state index in [1.165, 1.54) is 11.3 Å². The normalized spacial score (nSPS) is 10.6. The number of pyridine rings is 1. The van der Waals surface area contributed by atoms with Gasteiger partial charge in [0.15, 0.2) is 0 Å². The number of thiazole rings is 1. The second kappa shape index (κ2) is 7.66. The number of hydrogen-bond acceptors (Lipinski definition) is 5. The number of nitrogens with one attached hydrogen (secondary N) is 1. The number of hydrogen-bond donors (Lipinski definition) is 1. The van der Waals surface area contributed by atoms with Crippen LogP contribution >= 0.6 is 11.3 Å². The third-order valence-electron chi connectivity index (χ3n) is 3.77. The summed E-state index contributed by atoms with van der Waals surface area (Å²) in [5.74, 6) is 0.540. The van der Waals surface area contributed by atoms with Gasteiger partial charge in [-0.1, -0.05) is 6.07 Å². The summed E-state index contributed by atoms with van der Waals surface area (Å²) in [5, 5.41) is 3.71. The Hall–Kier alpha value is -2.73. The highest BCUT2D eigenvalue weighted by atomic mass is 32.1. The first-order valence-electron chi connectivity index (χ1n) is 8.32. The first-order valence-corrected chi connectivity index (χ1v) is 9.14. The summed E-state index contributed by atoms with van der Waals surface area (Å²) in [5.41, 5.74) is 4.67. The van der Waals surface area contributed by atoms with Crippen LogP contribution in [0.3, 0.4) is 0 Å². The zero-order valence-electron chi connectivity index (χ0n) is 15.3. The van der Waals surface area contributed by atoms with Crippen molar-refractivity contribution in [3.05, 3.63) is 68.9 Å². The predicted molar refractivity (Wildman–Crippen MR) is 104 cm³/mol. The van der Waals surface area contributed by atoms with Crippen molar-refractivity contribution in [2.24, 2.45) is 0 Å². The summed E-state index contributed by atoms with van der Waals surface area (Å²) in [4.78, 5) is 21.8. The number of aromatic nitrogens is 2. The van der Waals surface area contributed by atoms with Crippen LogP contribution in [0.5, 0.6) is 5.75 Å². The molecule has 0 saturated heterocycles. The molecule has 6 heteroatoms. The second-order valence-corrected chi connectivity index (χ2v) is 7.36. The van der Waals surface area contributed by atoms with Gasteiger partial charge >= 0.3 is 0 Å². The molecule has 1 amide bonds. The molecule has 0 radical (unpaired) electrons. The highest BCUT2D eigenvalue weighted by molar-refractivity contribution is 7.13. The molecule has 0 unspecified atom stereocenters. The minimum Gasteiger partial charge on any atom is -0.485 e. The molecule has 0 aliphatic rings. The van der Waals surface area contributed by atoms with Gasteiger partial charge in [0, 0.05) is 11.4 Å². The van der Waals surface area contributed by atoms with Crippen LogP contribution in [0.2, 0.25) is 0 Å². The van der Waals surface area contributed by atoms with Gasteiger partial charge in [-0.3, -0.25) is 9.78 Å². The van der Waals surface area contributed by atoms with Crippen molar-refractivity contribution >= 4 is 22.9 Å². The molecule has 0 fully saturated rings. The van der Waals surface area contributed by atoms with Crippen molar-refractivity contribution in [1.82, 2.24) is 9.97 Å². The minimum absolute atomic E-state index is 0.145. The molecule has 3 rings (SSSR count). The third kappa shape index (κ3) is 4.46. The molecule has 1 aromatic carbocycles. The lowest BCUT2D eigenvalue weighted by Gasteiger charge is -2.06. The standard InChI is InChI=1S/C20H21N3O2S/c1-12-7-13(2)9-16(8-12)23-20(24)19-15(4)22-18(26-19)11-25-17-6-5-14(3)21-10-17/h5-10H,11H2,1-4H3,(H,23,24). The Morgan fingerprint density at radius 1 is 1.12 bits per heavy atom. The average molecular weight is 367 g/mol. The minimum atomic E-state index is -0.145. The van der Waals surface area contributed by atoms with E-state index in [1.54, 1.807) is 6.20 Å². The molecule has 0 aliphatic carbocycles. The molecule has 0 bridgehead atoms. The maximum atomic E-state index is 12.6. The summed E-state index contributed by atoms with van der Waals surface area (Å²) in [6, 6.07) is 9.75. The van der Waals surface area contributed by atoms with Crippen molar-refractivity contribution in [1.29, 1.82) is 0 Å². The molecular weight excluding hydrogens is 346 g/mol. The zero-order valence-corrected chi connectivity index (χ0v) is 16.1. The first kappa shape index (κ1) is 18.1. The van der Waals surface area contributed by atoms with E-state index in [1.807, 2.05) is 52.0 Å². The average Bonchev–Trinajstić information content (AvgIpc) is 2.94. The van der Waals surface area contributed by atoms with E-state index < -0.39 is 0 Å². The fourth-order valence-electron chi connectivity index (χ4n) is 2.64. The molecule has 0 spiro atoms. The third-order valence-corrected chi connectivity index (χ3v) is 4.90. The van der Waals surface area contributed by atoms with Crippen molar-refractivity contribution in [3.63, 3.8) is 0 Å². The molecule has 134 valence electrons. The predicted octanol–water partition coefficient (Wildman–Crippen LogP) is 4.60. The van der Waals surface area contributed by atoms with Gasteiger partial charge in [-0.15, -0.1) is 11.3 Å². The van der Waals surface area contributed by atoms with Crippen LogP contribution in [0, 0.1) is 27.7 Å². The molecule has 0 saturated carbocycles. The van der Waals surface area contributed by atoms with Gasteiger partial charge in [0.25, 0.3) is 5.91 Å². The Bertz CT molecular complexity index is 912. The van der Waals surface area contributed by atoms with Crippen LogP contribution < -0.4 is 10.1 Å². The van der Waals surface area contributed by atoms with Crippen LogP contribution in [0.25, 0.3) is 0 Å². The number of benzene rings is 1. The molecule has 2 aromatic heterocycles. The molecule has 0 aliphatic heterocycles. The van der Waals surface area contributed by atoms with Crippen molar-refractivity contribution in [2.75, 3.05) is 5.32 Å². The van der Waals surface area contributed by atoms with Gasteiger partial charge in [-0.05, 0) is 63.1 Å². The van der Waals surface area contributed by atoms with Gasteiger partial charge in [-0.25, -0.2) is 4.98 Å². The van der Waals surface area contributed by atoms with Crippen molar-refractivity contribution in [3.8, 4) is 5.75 Å². The van der Waals surface area contributed by atoms with Crippen LogP contribution in [-0.2, 0) is 6.61 Å². The fraction of sp³-hybridized carbons (Fsp3) is 0.250. The molecule has 26 heavy (non-hydrogen) atoms. The quantitative estimate of drug-likeness (QED) is 0.716. The van der Waals surface area contributed by atoms with Crippen molar-refractivity contribution in [2.45, 2.75) is 34.3 Å². The molecular formula is C20H21N3O2S. The van der Waals surface area contributed by atoms with E-state index in [0.717, 1.165) is 27.5 Å². The van der Waals surface area contributed by atoms with Crippen LogP contribution in [-0.4, -0.2) is 15.9 Å². The number of carbonyl (C=O) groups is 1. The summed E-state index contributed by atoms with van der Waals surface area (Å²) < 4.78 is 5.70. The Morgan fingerprint density at radius 2 is 1.85 bits per heavy atom. The summed E-state index contributed by atoms with van der Waals surface area (Å²) in [7, 11) is 0. The molecule has 1 N–H and O–H groups in total. The van der Waals surface area contributed by atoms with Gasteiger partial charge < -0.3 is 10.1 Å². The summed E-state index contributed by atoms with van der Waals surface area (Å²) in [6.45, 7) is 8.09. The Labute approximate surface area is 157 Å². The van der Waals surface area contributed by atoms with E-state index >= 15 is 0 Å². The zero-order chi connectivity index (χ0) is 18.7. The Morgan fingerprint density at radius 3 is 2.50 bits per heavy atom. The number of anilines is 1. The maximum Gasteiger partial charge on any atom is 0.267 e. The first-order chi connectivity index (χ1) is 12.4. The summed E-state index contributed by atoms with van der Waals surface area (Å²) in [6.07, 6.45) is 1.68. The molecule has 0 atom stereocenters. The number of ether oxygens (including phenoxy) is 1. The second-order valence-electron chi connectivity index (χ2n) is 6.28. The SMILES string of the molecule is Cc1cc(C)cc(NC(=O)c2sc(COc3ccc(C)nc3)nc2C)c1. The fourth-order valence-corrected chi connectivity index (χ4v) is 3.52. The monoisotopic (exact) mass is 367 g/mol. The van der Waals surface area contributed by atoms with Crippen LogP contribution in [0.15, 0.2) is 36.5 Å². The molecule has 2 heterocycles. The highest BCUT2D eigenvalue weighted by Crippen LogP contribution is 2.22. The van der Waals surface area contributed by atoms with E-state index in [2.05, 4.69) is 21.4 Å². The van der Waals surface area contributed by atoms with Crippen LogP contribution in [0.1, 0.15) is 37.2 Å². The number of amides is 1. The lowest BCUT2D eigenvalue weighted by Crippen LogP contribution is -2.11. The van der Waals surface area contributed by atoms with E-state index in [0.29, 0.717) is 22.9 Å². The number of rotatable bonds is 5. The lowest BCUT2D eigenvalue weighted by atomic mass is 10.1. The topological polar surface area (TPSA) is 64.1 Å². The van der Waals surface area contributed by atoms with E-state index in [-0.39, 0.29) is 5.91 Å². The number of nitrogens with zero attached hydrogens (tertiary/aromatic N) is 2. The largest absolute Gasteiger partial charge is 0.485 e. The summed E-state index contributed by atoms with van der Waals surface area (Å²) >= 11 is 1.35. The maximum absolute atomic E-state index is 12.6. The van der Waals surface area contributed by atoms with Gasteiger partial charge in [-0.2, -0.15) is 0 Å². The Kier molecular flexibility index (Phi) is 5.32. The molecule has 3 aromatic rings. The number of carbonyl (C=O) groups excluding carboxylic acids is 1. The Balaban J connectivity index is 1.68. The van der Waals surface area contributed by atoms with E-state index in [4.69, 9.17) is 4.74 Å². The van der Waals surface area contributed by atoms with E-state index in [9.17, 15) is 4.79 Å². The number of aryl methyl sites for hydroxylation is 4. The lowest BCUT2D eigenvalue weighted by molar-refractivity contribution is 0.103. The van der Waals surface area contributed by atoms with Crippen molar-refractivity contribution < 1.29 is 9.53 Å². The van der Waals surface area contributed by atoms with Gasteiger partial charge in [0.2, 0.25) is 0 Å². The smallest absolute Gasteiger partial charge is 0.267 e. The van der Waals surface area contributed by atoms with Crippen LogP contribution in [0.4, 0.5) is 5.69 Å². The van der Waals surface area contributed by atoms with Gasteiger partial charge in [0.05, 0.1) is 11.9 Å². The molecule has 5 nitrogen and oxygen atoms in total. The highest BCUT2D eigenvalue weighted by Gasteiger charge is 2.16. The van der Waals surface area contributed by atoms with Gasteiger partial charge in [0.1, 0.15) is 22.2 Å².